The normalized spacial score (nSPS) is 15.5. The van der Waals surface area contributed by atoms with Gasteiger partial charge in [-0.05, 0) is 19.3 Å². The molecule has 0 aliphatic heterocycles. The quantitative estimate of drug-likeness (QED) is 0.672. The first kappa shape index (κ1) is 11.0. The molecule has 2 heterocycles. The van der Waals surface area contributed by atoms with Crippen molar-refractivity contribution in [3.05, 3.63) is 28.2 Å². The molecule has 2 aromatic rings. The molecule has 0 N–H and O–H groups in total. The minimum Gasteiger partial charge on any atom is -0.233 e. The molecule has 1 aliphatic rings. The predicted molar refractivity (Wildman–Crippen MR) is 68.7 cm³/mol. The van der Waals surface area contributed by atoms with Crippen LogP contribution >= 0.6 is 11.6 Å². The highest BCUT2D eigenvalue weighted by molar-refractivity contribution is 6.30. The van der Waals surface area contributed by atoms with Crippen LogP contribution in [0, 0.1) is 0 Å². The van der Waals surface area contributed by atoms with Crippen molar-refractivity contribution >= 4 is 17.2 Å². The third kappa shape index (κ3) is 1.64. The summed E-state index contributed by atoms with van der Waals surface area (Å²) in [5.74, 6) is 0. The number of hydrogen-bond acceptors (Lipinski definition) is 2. The summed E-state index contributed by atoms with van der Waals surface area (Å²) in [6.45, 7) is 6.45. The van der Waals surface area contributed by atoms with E-state index in [2.05, 4.69) is 30.9 Å². The minimum absolute atomic E-state index is 0.0292. The molecular formula is C13H16ClN3. The van der Waals surface area contributed by atoms with Crippen molar-refractivity contribution < 1.29 is 0 Å². The van der Waals surface area contributed by atoms with Gasteiger partial charge >= 0.3 is 0 Å². The molecule has 2 aromatic heterocycles. The van der Waals surface area contributed by atoms with E-state index in [0.29, 0.717) is 0 Å². The van der Waals surface area contributed by atoms with Crippen LogP contribution in [0.15, 0.2) is 6.07 Å². The molecule has 0 fully saturated rings. The zero-order valence-corrected chi connectivity index (χ0v) is 11.2. The SMILES string of the molecule is CC(C)(C)c1cc2nc3c(c(Cl)n2n1)CCC3. The van der Waals surface area contributed by atoms with Gasteiger partial charge in [0.1, 0.15) is 5.15 Å². The van der Waals surface area contributed by atoms with Gasteiger partial charge in [0, 0.05) is 22.7 Å². The smallest absolute Gasteiger partial charge is 0.157 e. The fourth-order valence-electron chi connectivity index (χ4n) is 2.30. The Labute approximate surface area is 106 Å². The lowest BCUT2D eigenvalue weighted by molar-refractivity contribution is 0.562. The average Bonchev–Trinajstić information content (AvgIpc) is 2.82. The standard InChI is InChI=1S/C13H16ClN3/c1-13(2,3)10-7-11-15-9-6-4-5-8(9)12(14)17(11)16-10/h7H,4-6H2,1-3H3. The molecule has 0 atom stereocenters. The molecule has 17 heavy (non-hydrogen) atoms. The molecule has 0 radical (unpaired) electrons. The summed E-state index contributed by atoms with van der Waals surface area (Å²) in [5, 5.41) is 5.33. The molecule has 3 rings (SSSR count). The zero-order valence-electron chi connectivity index (χ0n) is 10.4. The molecule has 3 nitrogen and oxygen atoms in total. The van der Waals surface area contributed by atoms with Crippen LogP contribution in [-0.2, 0) is 18.3 Å². The Morgan fingerprint density at radius 2 is 2.06 bits per heavy atom. The molecule has 1 aliphatic carbocycles. The molecule has 4 heteroatoms. The van der Waals surface area contributed by atoms with Gasteiger partial charge in [-0.3, -0.25) is 0 Å². The van der Waals surface area contributed by atoms with Crippen LogP contribution in [-0.4, -0.2) is 14.6 Å². The molecule has 0 saturated carbocycles. The molecule has 0 amide bonds. The van der Waals surface area contributed by atoms with Gasteiger partial charge in [0.05, 0.1) is 5.69 Å². The molecular weight excluding hydrogens is 234 g/mol. The van der Waals surface area contributed by atoms with Gasteiger partial charge in [-0.15, -0.1) is 0 Å². The monoisotopic (exact) mass is 249 g/mol. The Kier molecular flexibility index (Phi) is 2.24. The summed E-state index contributed by atoms with van der Waals surface area (Å²) in [4.78, 5) is 4.67. The fraction of sp³-hybridized carbons (Fsp3) is 0.538. The summed E-state index contributed by atoms with van der Waals surface area (Å²) >= 11 is 6.41. The number of nitrogens with zero attached hydrogens (tertiary/aromatic N) is 3. The molecule has 0 aromatic carbocycles. The van der Waals surface area contributed by atoms with Crippen molar-refractivity contribution in [1.29, 1.82) is 0 Å². The Hall–Kier alpha value is -1.09. The van der Waals surface area contributed by atoms with Crippen molar-refractivity contribution in [3.63, 3.8) is 0 Å². The number of rotatable bonds is 0. The van der Waals surface area contributed by atoms with E-state index in [0.717, 1.165) is 41.5 Å². The predicted octanol–water partition coefficient (Wildman–Crippen LogP) is 3.17. The summed E-state index contributed by atoms with van der Waals surface area (Å²) in [7, 11) is 0. The van der Waals surface area contributed by atoms with Crippen molar-refractivity contribution in [2.45, 2.75) is 45.4 Å². The van der Waals surface area contributed by atoms with Crippen LogP contribution in [0.5, 0.6) is 0 Å². The first-order chi connectivity index (χ1) is 7.97. The number of fused-ring (bicyclic) bond motifs is 2. The zero-order chi connectivity index (χ0) is 12.2. The van der Waals surface area contributed by atoms with Crippen LogP contribution in [0.2, 0.25) is 5.15 Å². The number of hydrogen-bond donors (Lipinski definition) is 0. The van der Waals surface area contributed by atoms with E-state index in [9.17, 15) is 0 Å². The lowest BCUT2D eigenvalue weighted by Crippen LogP contribution is -2.12. The first-order valence-corrected chi connectivity index (χ1v) is 6.42. The van der Waals surface area contributed by atoms with E-state index >= 15 is 0 Å². The molecule has 0 bridgehead atoms. The van der Waals surface area contributed by atoms with E-state index < -0.39 is 0 Å². The highest BCUT2D eigenvalue weighted by Crippen LogP contribution is 2.30. The third-order valence-corrected chi connectivity index (χ3v) is 3.72. The second-order valence-electron chi connectivity index (χ2n) is 5.73. The van der Waals surface area contributed by atoms with E-state index in [1.54, 1.807) is 4.52 Å². The fourth-order valence-corrected chi connectivity index (χ4v) is 2.63. The Morgan fingerprint density at radius 3 is 2.76 bits per heavy atom. The van der Waals surface area contributed by atoms with Crippen LogP contribution < -0.4 is 0 Å². The van der Waals surface area contributed by atoms with E-state index in [1.807, 2.05) is 6.07 Å². The summed E-state index contributed by atoms with van der Waals surface area (Å²) in [6.07, 6.45) is 3.23. The second kappa shape index (κ2) is 3.45. The van der Waals surface area contributed by atoms with Gasteiger partial charge in [0.2, 0.25) is 0 Å². The Bertz CT molecular complexity index is 593. The summed E-state index contributed by atoms with van der Waals surface area (Å²) in [6, 6.07) is 2.05. The van der Waals surface area contributed by atoms with Crippen LogP contribution in [0.1, 0.15) is 44.1 Å². The van der Waals surface area contributed by atoms with E-state index in [-0.39, 0.29) is 5.41 Å². The largest absolute Gasteiger partial charge is 0.233 e. The van der Waals surface area contributed by atoms with Crippen molar-refractivity contribution in [2.24, 2.45) is 0 Å². The highest BCUT2D eigenvalue weighted by Gasteiger charge is 2.23. The van der Waals surface area contributed by atoms with Gasteiger partial charge < -0.3 is 0 Å². The lowest BCUT2D eigenvalue weighted by atomic mass is 9.93. The maximum Gasteiger partial charge on any atom is 0.157 e. The van der Waals surface area contributed by atoms with Crippen LogP contribution in [0.3, 0.4) is 0 Å². The summed E-state index contributed by atoms with van der Waals surface area (Å²) < 4.78 is 1.78. The van der Waals surface area contributed by atoms with Crippen molar-refractivity contribution in [3.8, 4) is 0 Å². The van der Waals surface area contributed by atoms with Gasteiger partial charge in [0.25, 0.3) is 0 Å². The van der Waals surface area contributed by atoms with Gasteiger partial charge in [-0.25, -0.2) is 9.50 Å². The Morgan fingerprint density at radius 1 is 1.29 bits per heavy atom. The maximum atomic E-state index is 6.41. The molecule has 0 unspecified atom stereocenters. The molecule has 0 saturated heterocycles. The number of aromatic nitrogens is 3. The van der Waals surface area contributed by atoms with E-state index in [4.69, 9.17) is 11.6 Å². The molecule has 90 valence electrons. The van der Waals surface area contributed by atoms with E-state index in [1.165, 1.54) is 5.56 Å². The summed E-state index contributed by atoms with van der Waals surface area (Å²) in [5.41, 5.74) is 4.28. The average molecular weight is 250 g/mol. The van der Waals surface area contributed by atoms with Crippen molar-refractivity contribution in [2.75, 3.05) is 0 Å². The maximum absolute atomic E-state index is 6.41. The van der Waals surface area contributed by atoms with Gasteiger partial charge in [0.15, 0.2) is 5.65 Å². The topological polar surface area (TPSA) is 30.2 Å². The van der Waals surface area contributed by atoms with Gasteiger partial charge in [-0.1, -0.05) is 32.4 Å². The van der Waals surface area contributed by atoms with Gasteiger partial charge in [-0.2, -0.15) is 5.10 Å². The Balaban J connectivity index is 2.28. The van der Waals surface area contributed by atoms with Crippen molar-refractivity contribution in [1.82, 2.24) is 14.6 Å². The van der Waals surface area contributed by atoms with Crippen LogP contribution in [0.25, 0.3) is 5.65 Å². The lowest BCUT2D eigenvalue weighted by Gasteiger charge is -2.13. The van der Waals surface area contributed by atoms with Crippen LogP contribution in [0.4, 0.5) is 0 Å². The first-order valence-electron chi connectivity index (χ1n) is 6.04. The number of aryl methyl sites for hydroxylation is 1. The third-order valence-electron chi connectivity index (χ3n) is 3.33. The molecule has 0 spiro atoms. The second-order valence-corrected chi connectivity index (χ2v) is 6.09. The number of halogens is 1. The highest BCUT2D eigenvalue weighted by atomic mass is 35.5. The minimum atomic E-state index is 0.0292.